The minimum atomic E-state index is -0.418. The second-order valence-electron chi connectivity index (χ2n) is 5.62. The highest BCUT2D eigenvalue weighted by Gasteiger charge is 2.28. The predicted molar refractivity (Wildman–Crippen MR) is 86.5 cm³/mol. The Balaban J connectivity index is 0.00000176. The smallest absolute Gasteiger partial charge is 0.270 e. The molecule has 2 aromatic rings. The summed E-state index contributed by atoms with van der Waals surface area (Å²) in [7, 11) is 0. The van der Waals surface area contributed by atoms with Gasteiger partial charge in [-0.05, 0) is 43.4 Å². The number of fused-ring (bicyclic) bond motifs is 1. The summed E-state index contributed by atoms with van der Waals surface area (Å²) in [6, 6.07) is 3.57. The summed E-state index contributed by atoms with van der Waals surface area (Å²) in [5.41, 5.74) is 7.16. The largest absolute Gasteiger partial charge is 0.350 e. The Morgan fingerprint density at radius 1 is 1.55 bits per heavy atom. The van der Waals surface area contributed by atoms with E-state index in [0.717, 1.165) is 18.4 Å². The van der Waals surface area contributed by atoms with Gasteiger partial charge in [0.05, 0.1) is 0 Å². The van der Waals surface area contributed by atoms with Crippen LogP contribution in [0.25, 0.3) is 5.65 Å². The highest BCUT2D eigenvalue weighted by atomic mass is 35.5. The lowest BCUT2D eigenvalue weighted by Crippen LogP contribution is -2.40. The van der Waals surface area contributed by atoms with E-state index in [1.54, 1.807) is 18.3 Å². The number of aromatic nitrogens is 2. The molecule has 0 spiro atoms. The van der Waals surface area contributed by atoms with E-state index in [1.807, 2.05) is 6.92 Å². The first-order valence-corrected chi connectivity index (χ1v) is 7.08. The van der Waals surface area contributed by atoms with E-state index in [9.17, 15) is 9.59 Å². The van der Waals surface area contributed by atoms with Gasteiger partial charge in [0.2, 0.25) is 0 Å². The summed E-state index contributed by atoms with van der Waals surface area (Å²) in [6.45, 7) is 2.31. The van der Waals surface area contributed by atoms with Gasteiger partial charge in [-0.25, -0.2) is 4.98 Å². The number of carbonyl (C=O) groups excluding carboxylic acids is 1. The zero-order valence-corrected chi connectivity index (χ0v) is 13.1. The van der Waals surface area contributed by atoms with E-state index in [4.69, 9.17) is 5.73 Å². The summed E-state index contributed by atoms with van der Waals surface area (Å²) >= 11 is 0. The minimum absolute atomic E-state index is 0. The van der Waals surface area contributed by atoms with Crippen molar-refractivity contribution < 1.29 is 4.79 Å². The number of halogens is 1. The first-order valence-electron chi connectivity index (χ1n) is 7.08. The second kappa shape index (κ2) is 6.46. The fourth-order valence-corrected chi connectivity index (χ4v) is 2.33. The van der Waals surface area contributed by atoms with E-state index in [0.29, 0.717) is 18.1 Å². The summed E-state index contributed by atoms with van der Waals surface area (Å²) in [4.78, 5) is 28.6. The number of amides is 1. The zero-order valence-electron chi connectivity index (χ0n) is 12.3. The van der Waals surface area contributed by atoms with Crippen molar-refractivity contribution in [3.05, 3.63) is 46.0 Å². The van der Waals surface area contributed by atoms with Crippen LogP contribution in [0.1, 0.15) is 28.8 Å². The first kappa shape index (κ1) is 16.5. The van der Waals surface area contributed by atoms with E-state index in [1.165, 1.54) is 10.6 Å². The van der Waals surface area contributed by atoms with E-state index in [-0.39, 0.29) is 29.6 Å². The van der Waals surface area contributed by atoms with Gasteiger partial charge in [-0.15, -0.1) is 12.4 Å². The third-order valence-electron chi connectivity index (χ3n) is 3.84. The predicted octanol–water partition coefficient (Wildman–Crippen LogP) is 0.892. The summed E-state index contributed by atoms with van der Waals surface area (Å²) in [5, 5.41) is 2.72. The van der Waals surface area contributed by atoms with E-state index >= 15 is 0 Å². The van der Waals surface area contributed by atoms with Gasteiger partial charge in [-0.2, -0.15) is 0 Å². The van der Waals surface area contributed by atoms with Crippen molar-refractivity contribution in [3.63, 3.8) is 0 Å². The molecule has 3 N–H and O–H groups in total. The molecule has 22 heavy (non-hydrogen) atoms. The maximum absolute atomic E-state index is 12.3. The molecule has 3 rings (SSSR count). The third-order valence-corrected chi connectivity index (χ3v) is 3.84. The monoisotopic (exact) mass is 322 g/mol. The molecule has 1 aliphatic carbocycles. The van der Waals surface area contributed by atoms with Crippen LogP contribution in [-0.2, 0) is 0 Å². The molecule has 2 heterocycles. The molecule has 1 aliphatic rings. The molecule has 0 saturated heterocycles. The Labute approximate surface area is 134 Å². The summed E-state index contributed by atoms with van der Waals surface area (Å²) in [6.07, 6.45) is 5.20. The molecule has 7 heteroatoms. The third kappa shape index (κ3) is 3.28. The van der Waals surface area contributed by atoms with Gasteiger partial charge in [0.1, 0.15) is 11.2 Å². The minimum Gasteiger partial charge on any atom is -0.350 e. The standard InChI is InChI=1S/C15H18N4O2.ClH/c1-9-4-5-19-13(6-9)17-7-11(15(19)21)14(20)18-8-12(16)10-2-3-10;/h4-7,10,12H,2-3,8,16H2,1H3,(H,18,20);1H. The fourth-order valence-electron chi connectivity index (χ4n) is 2.33. The zero-order chi connectivity index (χ0) is 15.0. The van der Waals surface area contributed by atoms with Crippen LogP contribution in [0, 0.1) is 12.8 Å². The number of hydrogen-bond acceptors (Lipinski definition) is 4. The van der Waals surface area contributed by atoms with Gasteiger partial charge in [0.25, 0.3) is 11.5 Å². The number of rotatable bonds is 4. The number of nitrogens with one attached hydrogen (secondary N) is 1. The number of pyridine rings is 1. The van der Waals surface area contributed by atoms with Crippen LogP contribution >= 0.6 is 12.4 Å². The maximum atomic E-state index is 12.3. The molecule has 0 aliphatic heterocycles. The van der Waals surface area contributed by atoms with Crippen LogP contribution in [0.5, 0.6) is 0 Å². The topological polar surface area (TPSA) is 89.5 Å². The molecule has 1 unspecified atom stereocenters. The second-order valence-corrected chi connectivity index (χ2v) is 5.62. The summed E-state index contributed by atoms with van der Waals surface area (Å²) < 4.78 is 1.38. The summed E-state index contributed by atoms with van der Waals surface area (Å²) in [5.74, 6) is 0.0858. The van der Waals surface area contributed by atoms with Crippen molar-refractivity contribution in [2.24, 2.45) is 11.7 Å². The Morgan fingerprint density at radius 3 is 2.95 bits per heavy atom. The molecule has 2 aromatic heterocycles. The molecular formula is C15H19ClN4O2. The average Bonchev–Trinajstić information content (AvgIpc) is 3.29. The molecule has 1 saturated carbocycles. The molecule has 6 nitrogen and oxygen atoms in total. The number of hydrogen-bond donors (Lipinski definition) is 2. The molecule has 1 atom stereocenters. The molecule has 118 valence electrons. The SMILES string of the molecule is Cc1ccn2c(=O)c(C(=O)NCC(N)C3CC3)cnc2c1.Cl. The Morgan fingerprint density at radius 2 is 2.27 bits per heavy atom. The van der Waals surface area contributed by atoms with Crippen molar-refractivity contribution in [2.75, 3.05) is 6.54 Å². The lowest BCUT2D eigenvalue weighted by Gasteiger charge is -2.11. The normalized spacial score (nSPS) is 15.2. The Kier molecular flexibility index (Phi) is 4.83. The molecule has 1 fully saturated rings. The average molecular weight is 323 g/mol. The molecular weight excluding hydrogens is 304 g/mol. The van der Waals surface area contributed by atoms with E-state index in [2.05, 4.69) is 10.3 Å². The van der Waals surface area contributed by atoms with Gasteiger partial charge in [-0.1, -0.05) is 0 Å². The Hall–Kier alpha value is -1.92. The van der Waals surface area contributed by atoms with Crippen molar-refractivity contribution in [1.29, 1.82) is 0 Å². The van der Waals surface area contributed by atoms with Gasteiger partial charge in [0, 0.05) is 25.0 Å². The van der Waals surface area contributed by atoms with Crippen LogP contribution in [0.3, 0.4) is 0 Å². The number of carbonyl (C=O) groups is 1. The number of aryl methyl sites for hydroxylation is 1. The highest BCUT2D eigenvalue weighted by molar-refractivity contribution is 5.93. The van der Waals surface area contributed by atoms with Crippen LogP contribution in [0.4, 0.5) is 0 Å². The van der Waals surface area contributed by atoms with E-state index < -0.39 is 5.91 Å². The van der Waals surface area contributed by atoms with Gasteiger partial charge in [0.15, 0.2) is 0 Å². The van der Waals surface area contributed by atoms with Crippen molar-refractivity contribution in [1.82, 2.24) is 14.7 Å². The quantitative estimate of drug-likeness (QED) is 0.875. The molecule has 0 bridgehead atoms. The fraction of sp³-hybridized carbons (Fsp3) is 0.400. The van der Waals surface area contributed by atoms with Crippen molar-refractivity contribution in [3.8, 4) is 0 Å². The Bertz CT molecular complexity index is 755. The maximum Gasteiger partial charge on any atom is 0.270 e. The van der Waals surface area contributed by atoms with Crippen molar-refractivity contribution in [2.45, 2.75) is 25.8 Å². The number of nitrogens with zero attached hydrogens (tertiary/aromatic N) is 2. The molecule has 0 aromatic carbocycles. The lowest BCUT2D eigenvalue weighted by molar-refractivity contribution is 0.0948. The van der Waals surface area contributed by atoms with Crippen LogP contribution in [0.15, 0.2) is 29.3 Å². The number of nitrogens with two attached hydrogens (primary N) is 1. The van der Waals surface area contributed by atoms with Gasteiger partial charge < -0.3 is 11.1 Å². The van der Waals surface area contributed by atoms with Crippen molar-refractivity contribution >= 4 is 24.0 Å². The van der Waals surface area contributed by atoms with Crippen LogP contribution < -0.4 is 16.6 Å². The first-order chi connectivity index (χ1) is 10.1. The van der Waals surface area contributed by atoms with Crippen LogP contribution in [0.2, 0.25) is 0 Å². The van der Waals surface area contributed by atoms with Gasteiger partial charge >= 0.3 is 0 Å². The molecule has 1 amide bonds. The van der Waals surface area contributed by atoms with Crippen LogP contribution in [-0.4, -0.2) is 27.9 Å². The lowest BCUT2D eigenvalue weighted by atomic mass is 10.2. The molecule has 0 radical (unpaired) electrons. The highest BCUT2D eigenvalue weighted by Crippen LogP contribution is 2.31. The van der Waals surface area contributed by atoms with Gasteiger partial charge in [-0.3, -0.25) is 14.0 Å².